The van der Waals surface area contributed by atoms with E-state index in [1.807, 2.05) is 0 Å². The van der Waals surface area contributed by atoms with Gasteiger partial charge in [0.1, 0.15) is 38.6 Å². The van der Waals surface area contributed by atoms with Crippen LogP contribution in [0.3, 0.4) is 0 Å². The van der Waals surface area contributed by atoms with Crippen LogP contribution in [0.1, 0.15) is 27.7 Å². The molecule has 0 amide bonds. The summed E-state index contributed by atoms with van der Waals surface area (Å²) in [5, 5.41) is 0. The lowest BCUT2D eigenvalue weighted by Crippen LogP contribution is -2.41. The normalized spacial score (nSPS) is 13.3. The zero-order valence-corrected chi connectivity index (χ0v) is 14.7. The maximum atomic E-state index is 11.1. The van der Waals surface area contributed by atoms with Crippen LogP contribution in [-0.2, 0) is 38.1 Å². The Balaban J connectivity index is 4.80. The molecule has 0 bridgehead atoms. The van der Waals surface area contributed by atoms with Crippen LogP contribution in [-0.4, -0.2) is 75.0 Å². The van der Waals surface area contributed by atoms with Gasteiger partial charge in [0.25, 0.3) is 0 Å². The third-order valence-electron chi connectivity index (χ3n) is 2.59. The van der Waals surface area contributed by atoms with Crippen LogP contribution in [0, 0.1) is 0 Å². The largest absolute Gasteiger partial charge is 0.371 e. The highest BCUT2D eigenvalue weighted by Gasteiger charge is 2.25. The van der Waals surface area contributed by atoms with Gasteiger partial charge in [-0.25, -0.2) is 0 Å². The van der Waals surface area contributed by atoms with E-state index in [1.165, 1.54) is 27.7 Å². The molecule has 0 aromatic heterocycles. The average Bonchev–Trinajstić information content (AvgIpc) is 2.45. The Morgan fingerprint density at radius 3 is 1.12 bits per heavy atom. The Morgan fingerprint density at radius 2 is 0.875 bits per heavy atom. The number of carbonyl (C=O) groups is 4. The van der Waals surface area contributed by atoms with Crippen molar-refractivity contribution in [2.75, 3.05) is 39.6 Å². The quantitative estimate of drug-likeness (QED) is 0.412. The van der Waals surface area contributed by atoms with E-state index in [2.05, 4.69) is 0 Å². The fraction of sp³-hybridized carbons (Fsp3) is 0.750. The van der Waals surface area contributed by atoms with Crippen LogP contribution in [0.15, 0.2) is 0 Å². The zero-order valence-electron chi connectivity index (χ0n) is 14.7. The van der Waals surface area contributed by atoms with Crippen molar-refractivity contribution in [3.63, 3.8) is 0 Å². The fourth-order valence-corrected chi connectivity index (χ4v) is 1.61. The molecule has 138 valence electrons. The molecule has 0 radical (unpaired) electrons. The molecule has 0 saturated heterocycles. The predicted molar refractivity (Wildman–Crippen MR) is 83.8 cm³/mol. The number of hydrogen-bond acceptors (Lipinski definition) is 8. The Hall–Kier alpha value is -1.48. The van der Waals surface area contributed by atoms with Crippen molar-refractivity contribution >= 4 is 23.1 Å². The standard InChI is InChI=1S/C16H26O8/c1-11(17)5-21-9-15(23-7-13(3)19)16(24-8-14(4)20)10-22-6-12(2)18/h15-16H,5-10H2,1-4H3. The number of Topliss-reactive ketones (excluding diaryl/α,β-unsaturated/α-hetero) is 4. The van der Waals surface area contributed by atoms with Crippen molar-refractivity contribution in [2.24, 2.45) is 0 Å². The monoisotopic (exact) mass is 346 g/mol. The highest BCUT2D eigenvalue weighted by molar-refractivity contribution is 5.77. The summed E-state index contributed by atoms with van der Waals surface area (Å²) < 4.78 is 21.4. The third-order valence-corrected chi connectivity index (χ3v) is 2.59. The molecule has 2 atom stereocenters. The highest BCUT2D eigenvalue weighted by atomic mass is 16.6. The molecule has 0 heterocycles. The first kappa shape index (κ1) is 22.5. The predicted octanol–water partition coefficient (Wildman–Crippen LogP) is 0.146. The van der Waals surface area contributed by atoms with Crippen LogP contribution in [0.4, 0.5) is 0 Å². The van der Waals surface area contributed by atoms with Crippen molar-refractivity contribution in [1.82, 2.24) is 0 Å². The minimum atomic E-state index is -0.723. The second-order valence-corrected chi connectivity index (χ2v) is 5.54. The van der Waals surface area contributed by atoms with Crippen molar-refractivity contribution in [1.29, 1.82) is 0 Å². The average molecular weight is 346 g/mol. The molecule has 0 fully saturated rings. The summed E-state index contributed by atoms with van der Waals surface area (Å²) in [6, 6.07) is 0. The maximum Gasteiger partial charge on any atom is 0.155 e. The highest BCUT2D eigenvalue weighted by Crippen LogP contribution is 2.08. The van der Waals surface area contributed by atoms with Crippen molar-refractivity contribution in [2.45, 2.75) is 39.9 Å². The Labute approximate surface area is 141 Å². The van der Waals surface area contributed by atoms with E-state index in [4.69, 9.17) is 18.9 Å². The lowest BCUT2D eigenvalue weighted by Gasteiger charge is -2.26. The molecule has 0 saturated carbocycles. The van der Waals surface area contributed by atoms with Crippen molar-refractivity contribution in [3.8, 4) is 0 Å². The van der Waals surface area contributed by atoms with Gasteiger partial charge in [-0.05, 0) is 27.7 Å². The molecular weight excluding hydrogens is 320 g/mol. The van der Waals surface area contributed by atoms with Gasteiger partial charge in [0, 0.05) is 0 Å². The van der Waals surface area contributed by atoms with Gasteiger partial charge in [0.2, 0.25) is 0 Å². The molecule has 0 N–H and O–H groups in total. The first-order chi connectivity index (χ1) is 11.2. The van der Waals surface area contributed by atoms with Crippen LogP contribution in [0.2, 0.25) is 0 Å². The molecule has 0 aliphatic carbocycles. The van der Waals surface area contributed by atoms with Crippen LogP contribution >= 0.6 is 0 Å². The minimum Gasteiger partial charge on any atom is -0.371 e. The molecule has 8 heteroatoms. The summed E-state index contributed by atoms with van der Waals surface area (Å²) in [4.78, 5) is 44.2. The molecular formula is C16H26O8. The van der Waals surface area contributed by atoms with E-state index in [0.717, 1.165) is 0 Å². The van der Waals surface area contributed by atoms with Gasteiger partial charge in [0.05, 0.1) is 13.2 Å². The second-order valence-electron chi connectivity index (χ2n) is 5.54. The number of rotatable bonds is 15. The summed E-state index contributed by atoms with van der Waals surface area (Å²) in [6.07, 6.45) is -1.45. The number of ether oxygens (including phenoxy) is 4. The summed E-state index contributed by atoms with van der Waals surface area (Å²) in [5.74, 6) is -0.702. The molecule has 0 rings (SSSR count). The van der Waals surface area contributed by atoms with E-state index in [-0.39, 0.29) is 62.8 Å². The van der Waals surface area contributed by atoms with E-state index in [0.29, 0.717) is 0 Å². The van der Waals surface area contributed by atoms with E-state index < -0.39 is 12.2 Å². The Morgan fingerprint density at radius 1 is 0.583 bits per heavy atom. The van der Waals surface area contributed by atoms with Gasteiger partial charge >= 0.3 is 0 Å². The van der Waals surface area contributed by atoms with Crippen molar-refractivity contribution < 1.29 is 38.1 Å². The van der Waals surface area contributed by atoms with Crippen LogP contribution in [0.5, 0.6) is 0 Å². The zero-order chi connectivity index (χ0) is 18.5. The molecule has 0 spiro atoms. The molecule has 8 nitrogen and oxygen atoms in total. The van der Waals surface area contributed by atoms with Gasteiger partial charge < -0.3 is 18.9 Å². The van der Waals surface area contributed by atoms with Crippen molar-refractivity contribution in [3.05, 3.63) is 0 Å². The first-order valence-electron chi connectivity index (χ1n) is 7.58. The van der Waals surface area contributed by atoms with Gasteiger partial charge in [-0.3, -0.25) is 19.2 Å². The van der Waals surface area contributed by atoms with E-state index in [1.54, 1.807) is 0 Å². The number of ketones is 4. The Bertz CT molecular complexity index is 392. The third kappa shape index (κ3) is 13.0. The van der Waals surface area contributed by atoms with Gasteiger partial charge in [-0.2, -0.15) is 0 Å². The molecule has 2 unspecified atom stereocenters. The lowest BCUT2D eigenvalue weighted by molar-refractivity contribution is -0.151. The molecule has 0 aromatic carbocycles. The number of carbonyl (C=O) groups excluding carboxylic acids is 4. The Kier molecular flexibility index (Phi) is 12.1. The molecule has 0 aliphatic heterocycles. The maximum absolute atomic E-state index is 11.1. The fourth-order valence-electron chi connectivity index (χ4n) is 1.61. The molecule has 24 heavy (non-hydrogen) atoms. The van der Waals surface area contributed by atoms with Gasteiger partial charge in [0.15, 0.2) is 23.1 Å². The summed E-state index contributed by atoms with van der Waals surface area (Å²) in [6.45, 7) is 4.92. The van der Waals surface area contributed by atoms with Crippen LogP contribution < -0.4 is 0 Å². The first-order valence-corrected chi connectivity index (χ1v) is 7.58. The van der Waals surface area contributed by atoms with Gasteiger partial charge in [-0.1, -0.05) is 0 Å². The minimum absolute atomic E-state index is 0.0150. The molecule has 0 aromatic rings. The number of hydrogen-bond donors (Lipinski definition) is 0. The summed E-state index contributed by atoms with van der Waals surface area (Å²) in [5.41, 5.74) is 0. The van der Waals surface area contributed by atoms with E-state index >= 15 is 0 Å². The second kappa shape index (κ2) is 12.9. The van der Waals surface area contributed by atoms with Gasteiger partial charge in [-0.15, -0.1) is 0 Å². The SMILES string of the molecule is CC(=O)COCC(OCC(C)=O)C(COCC(C)=O)OCC(C)=O. The lowest BCUT2D eigenvalue weighted by atomic mass is 10.2. The summed E-state index contributed by atoms with van der Waals surface area (Å²) in [7, 11) is 0. The topological polar surface area (TPSA) is 105 Å². The molecule has 0 aliphatic rings. The van der Waals surface area contributed by atoms with Crippen LogP contribution in [0.25, 0.3) is 0 Å². The summed E-state index contributed by atoms with van der Waals surface area (Å²) >= 11 is 0. The van der Waals surface area contributed by atoms with E-state index in [9.17, 15) is 19.2 Å². The smallest absolute Gasteiger partial charge is 0.155 e.